The lowest BCUT2D eigenvalue weighted by Gasteiger charge is -2.11. The minimum atomic E-state index is -0.301. The Labute approximate surface area is 177 Å². The minimum absolute atomic E-state index is 0.301. The van der Waals surface area contributed by atoms with E-state index < -0.39 is 0 Å². The van der Waals surface area contributed by atoms with E-state index in [2.05, 4.69) is 36.8 Å². The topological polar surface area (TPSA) is 93.3 Å². The molecule has 0 spiro atoms. The van der Waals surface area contributed by atoms with Crippen molar-refractivity contribution in [2.75, 3.05) is 0 Å². The van der Waals surface area contributed by atoms with Crippen LogP contribution in [-0.2, 0) is 6.42 Å². The van der Waals surface area contributed by atoms with Gasteiger partial charge in [-0.1, -0.05) is 27.2 Å². The van der Waals surface area contributed by atoms with Gasteiger partial charge in [-0.05, 0) is 60.1 Å². The van der Waals surface area contributed by atoms with Crippen molar-refractivity contribution >= 4 is 49.8 Å². The molecule has 29 heavy (non-hydrogen) atoms. The standard InChI is InChI=1S/C20H14BrN5O2S/c21-11-6-7-14-12(9-11)13(10-17(22-14)18-5-2-8-29-18)20(27)24-23-15-3-1-4-16-19(15)26-28-25-16/h2,5-10H,1,3-4H2,(H,24,27). The molecule has 5 rings (SSSR count). The molecule has 1 amide bonds. The zero-order chi connectivity index (χ0) is 19.8. The first-order valence-electron chi connectivity index (χ1n) is 9.02. The van der Waals surface area contributed by atoms with Crippen molar-refractivity contribution in [3.05, 3.63) is 63.2 Å². The number of hydrogen-bond donors (Lipinski definition) is 1. The molecule has 0 saturated carbocycles. The van der Waals surface area contributed by atoms with Crippen LogP contribution in [-0.4, -0.2) is 26.9 Å². The molecule has 0 atom stereocenters. The predicted molar refractivity (Wildman–Crippen MR) is 114 cm³/mol. The number of carbonyl (C=O) groups excluding carboxylic acids is 1. The van der Waals surface area contributed by atoms with Gasteiger partial charge in [0, 0.05) is 9.86 Å². The van der Waals surface area contributed by atoms with Crippen molar-refractivity contribution in [3.63, 3.8) is 0 Å². The Morgan fingerprint density at radius 1 is 1.21 bits per heavy atom. The van der Waals surface area contributed by atoms with Crippen LogP contribution >= 0.6 is 27.3 Å². The summed E-state index contributed by atoms with van der Waals surface area (Å²) in [6, 6.07) is 11.5. The summed E-state index contributed by atoms with van der Waals surface area (Å²) in [5, 5.41) is 14.9. The molecule has 1 aromatic carbocycles. The molecule has 1 aliphatic rings. The van der Waals surface area contributed by atoms with E-state index in [0.29, 0.717) is 23.4 Å². The average Bonchev–Trinajstić information content (AvgIpc) is 3.43. The summed E-state index contributed by atoms with van der Waals surface area (Å²) in [7, 11) is 0. The maximum Gasteiger partial charge on any atom is 0.272 e. The van der Waals surface area contributed by atoms with E-state index in [1.165, 1.54) is 0 Å². The van der Waals surface area contributed by atoms with Crippen molar-refractivity contribution in [1.29, 1.82) is 0 Å². The number of nitrogens with one attached hydrogen (secondary N) is 1. The summed E-state index contributed by atoms with van der Waals surface area (Å²) < 4.78 is 5.69. The van der Waals surface area contributed by atoms with Gasteiger partial charge in [0.1, 0.15) is 5.69 Å². The summed E-state index contributed by atoms with van der Waals surface area (Å²) in [4.78, 5) is 18.8. The van der Waals surface area contributed by atoms with E-state index in [1.54, 1.807) is 17.4 Å². The molecule has 144 valence electrons. The first-order chi connectivity index (χ1) is 14.2. The molecule has 3 heterocycles. The highest BCUT2D eigenvalue weighted by Crippen LogP contribution is 2.29. The van der Waals surface area contributed by atoms with Gasteiger partial charge in [0.05, 0.1) is 27.4 Å². The molecule has 0 fully saturated rings. The first-order valence-corrected chi connectivity index (χ1v) is 10.7. The Hall–Kier alpha value is -2.91. The number of rotatable bonds is 3. The molecule has 7 nitrogen and oxygen atoms in total. The van der Waals surface area contributed by atoms with Gasteiger partial charge in [0.2, 0.25) is 0 Å². The molecule has 0 radical (unpaired) electrons. The number of amides is 1. The third kappa shape index (κ3) is 3.47. The highest BCUT2D eigenvalue weighted by molar-refractivity contribution is 9.10. The number of nitrogens with zero attached hydrogens (tertiary/aromatic N) is 4. The largest absolute Gasteiger partial charge is 0.272 e. The Balaban J connectivity index is 1.54. The number of hydrazone groups is 1. The van der Waals surface area contributed by atoms with E-state index in [4.69, 9.17) is 9.61 Å². The molecule has 3 aromatic heterocycles. The number of carbonyl (C=O) groups is 1. The number of hydrogen-bond acceptors (Lipinski definition) is 7. The first kappa shape index (κ1) is 18.1. The molecule has 0 saturated heterocycles. The lowest BCUT2D eigenvalue weighted by Crippen LogP contribution is -2.22. The quantitative estimate of drug-likeness (QED) is 0.445. The average molecular weight is 468 g/mol. The Morgan fingerprint density at radius 2 is 2.14 bits per heavy atom. The molecular formula is C20H14BrN5O2S. The van der Waals surface area contributed by atoms with Gasteiger partial charge in [-0.2, -0.15) is 5.10 Å². The molecule has 4 aromatic rings. The van der Waals surface area contributed by atoms with Crippen molar-refractivity contribution in [2.45, 2.75) is 19.3 Å². The van der Waals surface area contributed by atoms with Crippen LogP contribution in [0.2, 0.25) is 0 Å². The van der Waals surface area contributed by atoms with Gasteiger partial charge < -0.3 is 0 Å². The van der Waals surface area contributed by atoms with Crippen LogP contribution in [0, 0.1) is 0 Å². The number of halogens is 1. The van der Waals surface area contributed by atoms with Crippen LogP contribution in [0.3, 0.4) is 0 Å². The minimum Gasteiger partial charge on any atom is -0.267 e. The van der Waals surface area contributed by atoms with Crippen molar-refractivity contribution in [2.24, 2.45) is 5.10 Å². The molecule has 0 bridgehead atoms. The van der Waals surface area contributed by atoms with Crippen molar-refractivity contribution < 1.29 is 9.42 Å². The monoisotopic (exact) mass is 467 g/mol. The number of pyridine rings is 1. The number of fused-ring (bicyclic) bond motifs is 2. The number of aryl methyl sites for hydroxylation is 1. The molecule has 1 N–H and O–H groups in total. The number of benzene rings is 1. The highest BCUT2D eigenvalue weighted by atomic mass is 79.9. The maximum absolute atomic E-state index is 13.1. The lowest BCUT2D eigenvalue weighted by atomic mass is 9.99. The maximum atomic E-state index is 13.1. The summed E-state index contributed by atoms with van der Waals surface area (Å²) in [5.74, 6) is -0.301. The Kier molecular flexibility index (Phi) is 4.69. The summed E-state index contributed by atoms with van der Waals surface area (Å²) in [5.41, 5.74) is 6.78. The fraction of sp³-hybridized carbons (Fsp3) is 0.150. The summed E-state index contributed by atoms with van der Waals surface area (Å²) in [6.07, 6.45) is 2.41. The lowest BCUT2D eigenvalue weighted by molar-refractivity contribution is 0.0956. The van der Waals surface area contributed by atoms with Crippen LogP contribution in [0.1, 0.15) is 34.6 Å². The van der Waals surface area contributed by atoms with Crippen LogP contribution in [0.25, 0.3) is 21.5 Å². The molecular weight excluding hydrogens is 454 g/mol. The van der Waals surface area contributed by atoms with E-state index in [0.717, 1.165) is 44.5 Å². The zero-order valence-electron chi connectivity index (χ0n) is 15.1. The van der Waals surface area contributed by atoms with Crippen molar-refractivity contribution in [1.82, 2.24) is 20.7 Å². The Bertz CT molecular complexity index is 1250. The number of aromatic nitrogens is 3. The van der Waals surface area contributed by atoms with Gasteiger partial charge in [-0.3, -0.25) is 4.79 Å². The van der Waals surface area contributed by atoms with Gasteiger partial charge in [0.25, 0.3) is 5.91 Å². The van der Waals surface area contributed by atoms with Crippen LogP contribution in [0.5, 0.6) is 0 Å². The van der Waals surface area contributed by atoms with Gasteiger partial charge in [0.15, 0.2) is 5.69 Å². The normalized spacial score (nSPS) is 14.9. The van der Waals surface area contributed by atoms with E-state index in [-0.39, 0.29) is 5.91 Å². The second kappa shape index (κ2) is 7.49. The summed E-state index contributed by atoms with van der Waals surface area (Å²) in [6.45, 7) is 0. The Morgan fingerprint density at radius 3 is 3.00 bits per heavy atom. The zero-order valence-corrected chi connectivity index (χ0v) is 17.5. The molecule has 0 aliphatic heterocycles. The van der Waals surface area contributed by atoms with Crippen molar-refractivity contribution in [3.8, 4) is 10.6 Å². The van der Waals surface area contributed by atoms with E-state index >= 15 is 0 Å². The van der Waals surface area contributed by atoms with Gasteiger partial charge >= 0.3 is 0 Å². The SMILES string of the molecule is O=C(NN=C1CCCc2nonc21)c1cc(-c2cccs2)nc2ccc(Br)cc12. The van der Waals surface area contributed by atoms with Crippen LogP contribution < -0.4 is 5.43 Å². The third-order valence-electron chi connectivity index (χ3n) is 4.74. The molecule has 1 aliphatic carbocycles. The van der Waals surface area contributed by atoms with Crippen LogP contribution in [0.15, 0.2) is 56.0 Å². The van der Waals surface area contributed by atoms with E-state index in [1.807, 2.05) is 35.7 Å². The third-order valence-corrected chi connectivity index (χ3v) is 6.12. The smallest absolute Gasteiger partial charge is 0.267 e. The number of thiophene rings is 1. The second-order valence-electron chi connectivity index (χ2n) is 6.61. The van der Waals surface area contributed by atoms with E-state index in [9.17, 15) is 4.79 Å². The fourth-order valence-corrected chi connectivity index (χ4v) is 4.40. The second-order valence-corrected chi connectivity index (χ2v) is 8.47. The molecule has 9 heteroatoms. The fourth-order valence-electron chi connectivity index (χ4n) is 3.36. The summed E-state index contributed by atoms with van der Waals surface area (Å²) >= 11 is 5.06. The van der Waals surface area contributed by atoms with Gasteiger partial charge in [-0.25, -0.2) is 15.0 Å². The van der Waals surface area contributed by atoms with Gasteiger partial charge in [-0.15, -0.1) is 11.3 Å². The molecule has 0 unspecified atom stereocenters. The van der Waals surface area contributed by atoms with Crippen LogP contribution in [0.4, 0.5) is 0 Å². The highest BCUT2D eigenvalue weighted by Gasteiger charge is 2.22. The predicted octanol–water partition coefficient (Wildman–Crippen LogP) is 4.58.